The predicted octanol–water partition coefficient (Wildman–Crippen LogP) is -2.38. The molecular weight excluding hydrogens is 377 g/mol. The topological polar surface area (TPSA) is 179 Å². The first kappa shape index (κ1) is 20.5. The zero-order chi connectivity index (χ0) is 18.9. The van der Waals surface area contributed by atoms with Gasteiger partial charge in [-0.05, 0) is 13.0 Å². The number of hydrogen-bond donors (Lipinski definition) is 5. The molecule has 0 aromatic rings. The van der Waals surface area contributed by atoms with Gasteiger partial charge >= 0.3 is 7.82 Å². The summed E-state index contributed by atoms with van der Waals surface area (Å²) < 4.78 is 43.2. The molecule has 12 nitrogen and oxygen atoms in total. The van der Waals surface area contributed by atoms with Gasteiger partial charge in [0.15, 0.2) is 6.29 Å². The third-order valence-electron chi connectivity index (χ3n) is 4.56. The summed E-state index contributed by atoms with van der Waals surface area (Å²) in [6.45, 7) is -2.31. The van der Waals surface area contributed by atoms with Gasteiger partial charge in [0.05, 0.1) is 25.9 Å². The van der Waals surface area contributed by atoms with Gasteiger partial charge in [-0.1, -0.05) is 0 Å². The molecule has 13 heteroatoms. The number of phosphoric ester groups is 1. The van der Waals surface area contributed by atoms with Gasteiger partial charge in [-0.3, -0.25) is 9.05 Å². The smallest absolute Gasteiger partial charge is 0.388 e. The zero-order valence-corrected chi connectivity index (χ0v) is 14.7. The number of fused-ring (bicyclic) bond motifs is 3. The SMILES string of the molecule is NCCC1C2COP(=O)(O)OC3C(O)COC3COC(O)OC1C(O)O2. The Morgan fingerprint density at radius 2 is 1.77 bits per heavy atom. The van der Waals surface area contributed by atoms with E-state index in [0.717, 1.165) is 0 Å². The molecule has 2 bridgehead atoms. The third kappa shape index (κ3) is 4.61. The summed E-state index contributed by atoms with van der Waals surface area (Å²) in [7, 11) is -4.56. The van der Waals surface area contributed by atoms with Crippen LogP contribution in [0.5, 0.6) is 0 Å². The summed E-state index contributed by atoms with van der Waals surface area (Å²) in [6, 6.07) is 0. The van der Waals surface area contributed by atoms with Crippen molar-refractivity contribution in [1.29, 1.82) is 0 Å². The number of ether oxygens (including phenoxy) is 4. The van der Waals surface area contributed by atoms with E-state index in [0.29, 0.717) is 6.42 Å². The molecule has 0 amide bonds. The highest BCUT2D eigenvalue weighted by molar-refractivity contribution is 7.47. The van der Waals surface area contributed by atoms with Crippen LogP contribution in [0.15, 0.2) is 0 Å². The Morgan fingerprint density at radius 3 is 2.50 bits per heavy atom. The van der Waals surface area contributed by atoms with E-state index in [1.165, 1.54) is 0 Å². The van der Waals surface area contributed by atoms with Crippen molar-refractivity contribution in [2.45, 2.75) is 49.7 Å². The quantitative estimate of drug-likeness (QED) is 0.311. The minimum Gasteiger partial charge on any atom is -0.388 e. The Hall–Kier alpha value is -0.210. The van der Waals surface area contributed by atoms with E-state index in [1.54, 1.807) is 0 Å². The number of aliphatic hydroxyl groups is 3. The maximum atomic E-state index is 12.2. The average Bonchev–Trinajstić information content (AvgIpc) is 3.05. The molecule has 3 aliphatic heterocycles. The lowest BCUT2D eigenvalue weighted by Gasteiger charge is -2.25. The van der Waals surface area contributed by atoms with Gasteiger partial charge in [0.25, 0.3) is 6.48 Å². The summed E-state index contributed by atoms with van der Waals surface area (Å²) in [5.74, 6) is -0.518. The molecule has 3 heterocycles. The van der Waals surface area contributed by atoms with Crippen molar-refractivity contribution in [1.82, 2.24) is 0 Å². The molecule has 26 heavy (non-hydrogen) atoms. The normalized spacial score (nSPS) is 50.5. The molecular formula is C13H24NO11P. The second kappa shape index (κ2) is 8.43. The van der Waals surface area contributed by atoms with Crippen molar-refractivity contribution in [2.24, 2.45) is 11.7 Å². The lowest BCUT2D eigenvalue weighted by molar-refractivity contribution is -0.309. The molecule has 152 valence electrons. The second-order valence-electron chi connectivity index (χ2n) is 6.32. The first-order valence-corrected chi connectivity index (χ1v) is 9.74. The van der Waals surface area contributed by atoms with Crippen LogP contribution in [0, 0.1) is 5.92 Å². The summed E-state index contributed by atoms with van der Waals surface area (Å²) in [5.41, 5.74) is 5.56. The van der Waals surface area contributed by atoms with Crippen LogP contribution in [0.25, 0.3) is 0 Å². The third-order valence-corrected chi connectivity index (χ3v) is 5.54. The molecule has 0 aromatic heterocycles. The van der Waals surface area contributed by atoms with Crippen LogP contribution in [-0.2, 0) is 32.6 Å². The van der Waals surface area contributed by atoms with Gasteiger partial charge in [-0.25, -0.2) is 4.57 Å². The van der Waals surface area contributed by atoms with Crippen LogP contribution in [0.2, 0.25) is 0 Å². The number of rotatable bonds is 2. The van der Waals surface area contributed by atoms with Crippen LogP contribution in [-0.4, -0.2) is 89.9 Å². The Kier molecular flexibility index (Phi) is 6.66. The van der Waals surface area contributed by atoms with Crippen molar-refractivity contribution < 1.29 is 52.8 Å². The Labute approximate surface area is 149 Å². The molecule has 0 spiro atoms. The van der Waals surface area contributed by atoms with Gasteiger partial charge in [0, 0.05) is 5.92 Å². The standard InChI is InChI=1S/C13H24NO11P/c14-2-1-6-8-5-22-26(18,19)25-11-7(15)3-20-9(11)4-21-13(17)24-10(6)12(16)23-8/h6-13,15-17H,1-5,14H2,(H,18,19). The predicted molar refractivity (Wildman–Crippen MR) is 81.3 cm³/mol. The summed E-state index contributed by atoms with van der Waals surface area (Å²) in [6.07, 6.45) is -6.16. The maximum absolute atomic E-state index is 12.2. The van der Waals surface area contributed by atoms with E-state index < -0.39 is 57.0 Å². The number of phosphoric acid groups is 1. The van der Waals surface area contributed by atoms with E-state index >= 15 is 0 Å². The number of nitrogens with two attached hydrogens (primary N) is 1. The minimum atomic E-state index is -4.56. The summed E-state index contributed by atoms with van der Waals surface area (Å²) >= 11 is 0. The van der Waals surface area contributed by atoms with Gasteiger partial charge in [0.1, 0.15) is 24.4 Å². The highest BCUT2D eigenvalue weighted by Gasteiger charge is 2.48. The first-order chi connectivity index (χ1) is 12.3. The first-order valence-electron chi connectivity index (χ1n) is 8.25. The van der Waals surface area contributed by atoms with Crippen LogP contribution >= 0.6 is 7.82 Å². The van der Waals surface area contributed by atoms with Crippen LogP contribution in [0.1, 0.15) is 6.42 Å². The van der Waals surface area contributed by atoms with E-state index in [1.807, 2.05) is 0 Å². The van der Waals surface area contributed by atoms with Crippen LogP contribution in [0.4, 0.5) is 0 Å². The number of hydrogen-bond acceptors (Lipinski definition) is 11. The van der Waals surface area contributed by atoms with Crippen molar-refractivity contribution >= 4 is 7.82 Å². The van der Waals surface area contributed by atoms with Gasteiger partial charge in [0.2, 0.25) is 0 Å². The van der Waals surface area contributed by atoms with E-state index in [2.05, 4.69) is 0 Å². The average molecular weight is 401 g/mol. The van der Waals surface area contributed by atoms with Crippen molar-refractivity contribution in [3.63, 3.8) is 0 Å². The van der Waals surface area contributed by atoms with Crippen molar-refractivity contribution in [3.05, 3.63) is 0 Å². The summed E-state index contributed by atoms with van der Waals surface area (Å²) in [5, 5.41) is 29.8. The van der Waals surface area contributed by atoms with Crippen LogP contribution < -0.4 is 5.73 Å². The van der Waals surface area contributed by atoms with E-state index in [4.69, 9.17) is 33.7 Å². The molecule has 0 aliphatic carbocycles. The Bertz CT molecular complexity index is 524. The van der Waals surface area contributed by atoms with Crippen LogP contribution in [0.3, 0.4) is 0 Å². The largest absolute Gasteiger partial charge is 0.472 e. The van der Waals surface area contributed by atoms with Gasteiger partial charge < -0.3 is 44.9 Å². The molecule has 3 saturated heterocycles. The second-order valence-corrected chi connectivity index (χ2v) is 7.73. The fraction of sp³-hybridized carbons (Fsp3) is 1.00. The molecule has 0 saturated carbocycles. The molecule has 9 atom stereocenters. The molecule has 0 aromatic carbocycles. The van der Waals surface area contributed by atoms with Gasteiger partial charge in [-0.15, -0.1) is 0 Å². The Balaban J connectivity index is 1.80. The molecule has 9 unspecified atom stereocenters. The Morgan fingerprint density at radius 1 is 1.00 bits per heavy atom. The minimum absolute atomic E-state index is 0.138. The summed E-state index contributed by atoms with van der Waals surface area (Å²) in [4.78, 5) is 9.93. The van der Waals surface area contributed by atoms with E-state index in [9.17, 15) is 24.8 Å². The molecule has 3 aliphatic rings. The maximum Gasteiger partial charge on any atom is 0.472 e. The van der Waals surface area contributed by atoms with Gasteiger partial charge in [-0.2, -0.15) is 0 Å². The fourth-order valence-corrected chi connectivity index (χ4v) is 4.28. The molecule has 3 fully saturated rings. The van der Waals surface area contributed by atoms with Crippen molar-refractivity contribution in [3.8, 4) is 0 Å². The number of aliphatic hydroxyl groups excluding tert-OH is 3. The lowest BCUT2D eigenvalue weighted by atomic mass is 9.95. The molecule has 0 radical (unpaired) electrons. The molecule has 6 N–H and O–H groups in total. The fourth-order valence-electron chi connectivity index (χ4n) is 3.30. The lowest BCUT2D eigenvalue weighted by Crippen LogP contribution is -2.39. The monoisotopic (exact) mass is 401 g/mol. The highest BCUT2D eigenvalue weighted by atomic mass is 31.2. The molecule has 3 rings (SSSR count). The highest BCUT2D eigenvalue weighted by Crippen LogP contribution is 2.48. The van der Waals surface area contributed by atoms with Crippen molar-refractivity contribution in [2.75, 3.05) is 26.4 Å². The zero-order valence-electron chi connectivity index (χ0n) is 13.8. The van der Waals surface area contributed by atoms with E-state index in [-0.39, 0.29) is 26.4 Å².